The number of hydrogen-bond donors (Lipinski definition) is 1. The van der Waals surface area contributed by atoms with Crippen molar-refractivity contribution >= 4 is 17.5 Å². The minimum atomic E-state index is -0.176. The first-order chi connectivity index (χ1) is 11.7. The van der Waals surface area contributed by atoms with Crippen molar-refractivity contribution in [3.05, 3.63) is 60.7 Å². The molecule has 0 spiro atoms. The van der Waals surface area contributed by atoms with Crippen LogP contribution < -0.4 is 15.0 Å². The Kier molecular flexibility index (Phi) is 5.11. The van der Waals surface area contributed by atoms with Crippen molar-refractivity contribution in [1.29, 1.82) is 0 Å². The number of carbonyl (C=O) groups excluding carboxylic acids is 2. The van der Waals surface area contributed by atoms with Crippen molar-refractivity contribution < 1.29 is 14.3 Å². The van der Waals surface area contributed by atoms with Gasteiger partial charge < -0.3 is 15.0 Å². The fourth-order valence-corrected chi connectivity index (χ4v) is 2.75. The molecule has 0 radical (unpaired) electrons. The van der Waals surface area contributed by atoms with Gasteiger partial charge >= 0.3 is 0 Å². The van der Waals surface area contributed by atoms with E-state index in [0.29, 0.717) is 25.3 Å². The maximum absolute atomic E-state index is 12.1. The van der Waals surface area contributed by atoms with E-state index in [0.717, 1.165) is 5.69 Å². The van der Waals surface area contributed by atoms with Crippen LogP contribution in [0.3, 0.4) is 0 Å². The summed E-state index contributed by atoms with van der Waals surface area (Å²) in [5.74, 6) is 0.711. The van der Waals surface area contributed by atoms with Gasteiger partial charge in [0.15, 0.2) is 6.61 Å². The molecule has 2 aromatic rings. The normalized spacial score (nSPS) is 16.9. The molecule has 1 N–H and O–H groups in total. The minimum absolute atomic E-state index is 0.0208. The van der Waals surface area contributed by atoms with E-state index >= 15 is 0 Å². The van der Waals surface area contributed by atoms with Crippen LogP contribution in [0.2, 0.25) is 0 Å². The van der Waals surface area contributed by atoms with E-state index in [1.165, 1.54) is 0 Å². The third kappa shape index (κ3) is 4.13. The molecule has 2 amide bonds. The summed E-state index contributed by atoms with van der Waals surface area (Å²) in [7, 11) is 0. The van der Waals surface area contributed by atoms with E-state index in [1.807, 2.05) is 48.5 Å². The second-order valence-corrected chi connectivity index (χ2v) is 5.82. The molecule has 0 unspecified atom stereocenters. The Morgan fingerprint density at radius 2 is 1.75 bits per heavy atom. The molecule has 1 atom stereocenters. The third-order valence-electron chi connectivity index (χ3n) is 3.97. The molecule has 124 valence electrons. The van der Waals surface area contributed by atoms with Crippen LogP contribution in [0.25, 0.3) is 0 Å². The first kappa shape index (κ1) is 16.1. The fourth-order valence-electron chi connectivity index (χ4n) is 2.75. The highest BCUT2D eigenvalue weighted by Crippen LogP contribution is 2.24. The van der Waals surface area contributed by atoms with Crippen LogP contribution >= 0.6 is 0 Å². The number of rotatable bonds is 6. The third-order valence-corrected chi connectivity index (χ3v) is 3.97. The summed E-state index contributed by atoms with van der Waals surface area (Å²) in [4.78, 5) is 25.8. The van der Waals surface area contributed by atoms with Crippen LogP contribution in [0.1, 0.15) is 6.42 Å². The van der Waals surface area contributed by atoms with Crippen molar-refractivity contribution in [2.45, 2.75) is 6.42 Å². The molecule has 1 aliphatic rings. The van der Waals surface area contributed by atoms with Gasteiger partial charge in [-0.05, 0) is 24.3 Å². The molecule has 5 nitrogen and oxygen atoms in total. The van der Waals surface area contributed by atoms with Crippen LogP contribution in [0, 0.1) is 5.92 Å². The summed E-state index contributed by atoms with van der Waals surface area (Å²) < 4.78 is 5.41. The first-order valence-electron chi connectivity index (χ1n) is 8.02. The second-order valence-electron chi connectivity index (χ2n) is 5.82. The lowest BCUT2D eigenvalue weighted by atomic mass is 10.1. The van der Waals surface area contributed by atoms with Gasteiger partial charge in [0, 0.05) is 31.1 Å². The predicted octanol–water partition coefficient (Wildman–Crippen LogP) is 2.23. The fraction of sp³-hybridized carbons (Fsp3) is 0.263. The Balaban J connectivity index is 1.44. The molecule has 1 fully saturated rings. The molecule has 1 saturated heterocycles. The molecule has 5 heteroatoms. The largest absolute Gasteiger partial charge is 0.484 e. The second kappa shape index (κ2) is 7.64. The number of anilines is 1. The smallest absolute Gasteiger partial charge is 0.257 e. The summed E-state index contributed by atoms with van der Waals surface area (Å²) in [5.41, 5.74) is 0.906. The lowest BCUT2D eigenvalue weighted by molar-refractivity contribution is -0.123. The standard InChI is InChI=1S/C19H20N2O3/c22-18(14-24-17-9-5-2-6-10-17)20-12-15-11-19(23)21(13-15)16-7-3-1-4-8-16/h1-10,15H,11-14H2,(H,20,22)/t15-/m1/s1. The Bertz CT molecular complexity index is 688. The van der Waals surface area contributed by atoms with E-state index < -0.39 is 0 Å². The molecule has 0 bridgehead atoms. The van der Waals surface area contributed by atoms with Crippen molar-refractivity contribution in [3.8, 4) is 5.75 Å². The van der Waals surface area contributed by atoms with Crippen molar-refractivity contribution in [3.63, 3.8) is 0 Å². The number of ether oxygens (including phenoxy) is 1. The minimum Gasteiger partial charge on any atom is -0.484 e. The Morgan fingerprint density at radius 3 is 2.46 bits per heavy atom. The molecular formula is C19H20N2O3. The van der Waals surface area contributed by atoms with Crippen LogP contribution in [0.15, 0.2) is 60.7 Å². The van der Waals surface area contributed by atoms with E-state index in [-0.39, 0.29) is 24.3 Å². The highest BCUT2D eigenvalue weighted by molar-refractivity contribution is 5.95. The number of benzene rings is 2. The van der Waals surface area contributed by atoms with Gasteiger partial charge in [0.25, 0.3) is 5.91 Å². The van der Waals surface area contributed by atoms with Gasteiger partial charge in [-0.3, -0.25) is 9.59 Å². The highest BCUT2D eigenvalue weighted by Gasteiger charge is 2.30. The molecule has 0 aromatic heterocycles. The Labute approximate surface area is 141 Å². The van der Waals surface area contributed by atoms with E-state index in [2.05, 4.69) is 5.32 Å². The molecule has 0 aliphatic carbocycles. The summed E-state index contributed by atoms with van der Waals surface area (Å²) >= 11 is 0. The number of nitrogens with one attached hydrogen (secondary N) is 1. The van der Waals surface area contributed by atoms with Crippen LogP contribution in [-0.4, -0.2) is 31.5 Å². The monoisotopic (exact) mass is 324 g/mol. The predicted molar refractivity (Wildman–Crippen MR) is 91.8 cm³/mol. The van der Waals surface area contributed by atoms with Crippen molar-refractivity contribution in [2.24, 2.45) is 5.92 Å². The van der Waals surface area contributed by atoms with Crippen LogP contribution in [0.5, 0.6) is 5.75 Å². The maximum atomic E-state index is 12.1. The van der Waals surface area contributed by atoms with Gasteiger partial charge in [-0.1, -0.05) is 36.4 Å². The quantitative estimate of drug-likeness (QED) is 0.886. The average Bonchev–Trinajstić information content (AvgIpc) is 3.00. The van der Waals surface area contributed by atoms with Gasteiger partial charge in [0.1, 0.15) is 5.75 Å². The zero-order chi connectivity index (χ0) is 16.8. The Morgan fingerprint density at radius 1 is 1.08 bits per heavy atom. The van der Waals surface area contributed by atoms with Crippen molar-refractivity contribution in [1.82, 2.24) is 5.32 Å². The SMILES string of the molecule is O=C(COc1ccccc1)NC[C@H]1CC(=O)N(c2ccccc2)C1. The zero-order valence-electron chi connectivity index (χ0n) is 13.4. The Hall–Kier alpha value is -2.82. The van der Waals surface area contributed by atoms with Gasteiger partial charge in [-0.2, -0.15) is 0 Å². The van der Waals surface area contributed by atoms with E-state index in [9.17, 15) is 9.59 Å². The lowest BCUT2D eigenvalue weighted by Crippen LogP contribution is -2.34. The van der Waals surface area contributed by atoms with Gasteiger partial charge in [0.05, 0.1) is 0 Å². The summed E-state index contributed by atoms with van der Waals surface area (Å²) in [5, 5.41) is 2.84. The first-order valence-corrected chi connectivity index (χ1v) is 8.02. The summed E-state index contributed by atoms with van der Waals surface area (Å²) in [6.45, 7) is 1.09. The average molecular weight is 324 g/mol. The van der Waals surface area contributed by atoms with Crippen LogP contribution in [0.4, 0.5) is 5.69 Å². The molecule has 1 aliphatic heterocycles. The topological polar surface area (TPSA) is 58.6 Å². The lowest BCUT2D eigenvalue weighted by Gasteiger charge is -2.16. The van der Waals surface area contributed by atoms with Crippen molar-refractivity contribution in [2.75, 3.05) is 24.6 Å². The van der Waals surface area contributed by atoms with E-state index in [1.54, 1.807) is 17.0 Å². The van der Waals surface area contributed by atoms with Crippen LogP contribution in [-0.2, 0) is 9.59 Å². The van der Waals surface area contributed by atoms with E-state index in [4.69, 9.17) is 4.74 Å². The highest BCUT2D eigenvalue weighted by atomic mass is 16.5. The number of carbonyl (C=O) groups is 2. The zero-order valence-corrected chi connectivity index (χ0v) is 13.4. The van der Waals surface area contributed by atoms with Gasteiger partial charge in [0.2, 0.25) is 5.91 Å². The molecule has 3 rings (SSSR count). The number of amides is 2. The molecular weight excluding hydrogens is 304 g/mol. The van der Waals surface area contributed by atoms with Gasteiger partial charge in [-0.25, -0.2) is 0 Å². The molecule has 24 heavy (non-hydrogen) atoms. The molecule has 2 aromatic carbocycles. The summed E-state index contributed by atoms with van der Waals surface area (Å²) in [6, 6.07) is 18.8. The number of para-hydroxylation sites is 2. The van der Waals surface area contributed by atoms with Gasteiger partial charge in [-0.15, -0.1) is 0 Å². The number of hydrogen-bond acceptors (Lipinski definition) is 3. The molecule has 1 heterocycles. The maximum Gasteiger partial charge on any atom is 0.257 e. The summed E-state index contributed by atoms with van der Waals surface area (Å²) in [6.07, 6.45) is 0.453. The number of nitrogens with zero attached hydrogens (tertiary/aromatic N) is 1. The molecule has 0 saturated carbocycles.